The second-order valence-electron chi connectivity index (χ2n) is 8.54. The van der Waals surface area contributed by atoms with Gasteiger partial charge in [-0.15, -0.1) is 0 Å². The van der Waals surface area contributed by atoms with Crippen molar-refractivity contribution in [2.75, 3.05) is 0 Å². The predicted octanol–water partition coefficient (Wildman–Crippen LogP) is 7.06. The Morgan fingerprint density at radius 3 is 1.29 bits per heavy atom. The fourth-order valence-electron chi connectivity index (χ4n) is 3.83. The van der Waals surface area contributed by atoms with Crippen LogP contribution in [-0.4, -0.2) is 29.4 Å². The van der Waals surface area contributed by atoms with E-state index in [1.54, 1.807) is 0 Å². The second kappa shape index (κ2) is 18.9. The zero-order valence-electron chi connectivity index (χ0n) is 18.7. The van der Waals surface area contributed by atoms with Gasteiger partial charge in [0.1, 0.15) is 0 Å². The normalized spacial score (nSPS) is 14.3. The van der Waals surface area contributed by atoms with Gasteiger partial charge in [-0.25, -0.2) is 0 Å². The predicted molar refractivity (Wildman–Crippen MR) is 120 cm³/mol. The lowest BCUT2D eigenvalue weighted by molar-refractivity contribution is 0.147. The molecule has 2 atom stereocenters. The van der Waals surface area contributed by atoms with Gasteiger partial charge in [0.05, 0.1) is 11.4 Å². The molecule has 4 nitrogen and oxygen atoms in total. The highest BCUT2D eigenvalue weighted by Gasteiger charge is 2.21. The lowest BCUT2D eigenvalue weighted by atomic mass is 10.0. The molecule has 0 fully saturated rings. The van der Waals surface area contributed by atoms with Gasteiger partial charge in [-0.1, -0.05) is 110 Å². The van der Waals surface area contributed by atoms with Gasteiger partial charge in [0.2, 0.25) is 0 Å². The smallest absolute Gasteiger partial charge is 0.267 e. The van der Waals surface area contributed by atoms with E-state index in [1.807, 2.05) is 0 Å². The molecule has 0 rings (SSSR count). The topological polar surface area (TPSA) is 74.6 Å². The summed E-state index contributed by atoms with van der Waals surface area (Å²) in [4.78, 5) is 0. The lowest BCUT2D eigenvalue weighted by Crippen LogP contribution is -2.20. The van der Waals surface area contributed by atoms with Crippen molar-refractivity contribution >= 4 is 10.1 Å². The molecule has 5 heteroatoms. The summed E-state index contributed by atoms with van der Waals surface area (Å²) in [6.45, 7) is 4.36. The number of rotatable bonds is 21. The van der Waals surface area contributed by atoms with Gasteiger partial charge in [-0.3, -0.25) is 4.55 Å². The highest BCUT2D eigenvalue weighted by molar-refractivity contribution is 7.86. The highest BCUT2D eigenvalue weighted by atomic mass is 32.2. The SMILES string of the molecule is CCCCCCCCC(O)CCCCCCCC(CCCCCC)S(=O)(=O)O. The van der Waals surface area contributed by atoms with Crippen molar-refractivity contribution in [2.45, 2.75) is 147 Å². The molecular formula is C23H48O4S. The first-order valence-corrected chi connectivity index (χ1v) is 13.6. The van der Waals surface area contributed by atoms with E-state index in [0.29, 0.717) is 12.8 Å². The van der Waals surface area contributed by atoms with E-state index in [4.69, 9.17) is 0 Å². The Bertz CT molecular complexity index is 422. The zero-order chi connectivity index (χ0) is 21.1. The summed E-state index contributed by atoms with van der Waals surface area (Å²) in [5, 5.41) is 9.46. The Morgan fingerprint density at radius 1 is 0.571 bits per heavy atom. The zero-order valence-corrected chi connectivity index (χ0v) is 19.5. The van der Waals surface area contributed by atoms with Crippen LogP contribution in [0.15, 0.2) is 0 Å². The highest BCUT2D eigenvalue weighted by Crippen LogP contribution is 2.19. The molecule has 0 aliphatic carbocycles. The van der Waals surface area contributed by atoms with Gasteiger partial charge < -0.3 is 5.11 Å². The van der Waals surface area contributed by atoms with Crippen LogP contribution in [0.5, 0.6) is 0 Å². The maximum absolute atomic E-state index is 11.5. The monoisotopic (exact) mass is 420 g/mol. The molecule has 28 heavy (non-hydrogen) atoms. The van der Waals surface area contributed by atoms with Crippen LogP contribution in [-0.2, 0) is 10.1 Å². The van der Waals surface area contributed by atoms with Crippen molar-refractivity contribution < 1.29 is 18.1 Å². The maximum atomic E-state index is 11.5. The van der Waals surface area contributed by atoms with Crippen molar-refractivity contribution in [3.63, 3.8) is 0 Å². The van der Waals surface area contributed by atoms with E-state index >= 15 is 0 Å². The average molecular weight is 421 g/mol. The third-order valence-corrected chi connectivity index (χ3v) is 7.07. The standard InChI is InChI=1S/C23H48O4S/c1-3-5-7-9-11-14-18-22(24)19-15-12-10-13-17-21-23(28(25,26)27)20-16-8-6-4-2/h22-24H,3-21H2,1-2H3,(H,25,26,27). The quantitative estimate of drug-likeness (QED) is 0.154. The Kier molecular flexibility index (Phi) is 18.8. The summed E-state index contributed by atoms with van der Waals surface area (Å²) < 4.78 is 32.5. The number of unbranched alkanes of at least 4 members (excludes halogenated alkanes) is 12. The minimum absolute atomic E-state index is 0.154. The number of aliphatic hydroxyl groups is 1. The molecule has 2 N–H and O–H groups in total. The van der Waals surface area contributed by atoms with Crippen molar-refractivity contribution in [1.82, 2.24) is 0 Å². The lowest BCUT2D eigenvalue weighted by Gasteiger charge is -2.14. The Labute approximate surface area is 175 Å². The van der Waals surface area contributed by atoms with E-state index < -0.39 is 15.4 Å². The van der Waals surface area contributed by atoms with E-state index in [-0.39, 0.29) is 6.10 Å². The third kappa shape index (κ3) is 17.9. The van der Waals surface area contributed by atoms with Crippen LogP contribution in [0.3, 0.4) is 0 Å². The van der Waals surface area contributed by atoms with Gasteiger partial charge in [0, 0.05) is 0 Å². The largest absolute Gasteiger partial charge is 0.393 e. The summed E-state index contributed by atoms with van der Waals surface area (Å²) in [6.07, 6.45) is 19.7. The van der Waals surface area contributed by atoms with Crippen molar-refractivity contribution in [1.29, 1.82) is 0 Å². The molecule has 0 aliphatic heterocycles. The molecular weight excluding hydrogens is 372 g/mol. The second-order valence-corrected chi connectivity index (χ2v) is 10.2. The summed E-state index contributed by atoms with van der Waals surface area (Å²) in [6, 6.07) is 0. The summed E-state index contributed by atoms with van der Waals surface area (Å²) in [5.41, 5.74) is 0. The van der Waals surface area contributed by atoms with Crippen molar-refractivity contribution in [3.8, 4) is 0 Å². The molecule has 0 saturated heterocycles. The molecule has 0 radical (unpaired) electrons. The average Bonchev–Trinajstić information content (AvgIpc) is 2.64. The Morgan fingerprint density at radius 2 is 0.893 bits per heavy atom. The van der Waals surface area contributed by atoms with Gasteiger partial charge in [0.15, 0.2) is 0 Å². The minimum Gasteiger partial charge on any atom is -0.393 e. The van der Waals surface area contributed by atoms with Crippen LogP contribution in [0, 0.1) is 0 Å². The minimum atomic E-state index is -3.91. The first kappa shape index (κ1) is 27.9. The van der Waals surface area contributed by atoms with E-state index in [9.17, 15) is 18.1 Å². The van der Waals surface area contributed by atoms with Gasteiger partial charge in [0.25, 0.3) is 10.1 Å². The van der Waals surface area contributed by atoms with E-state index in [2.05, 4.69) is 13.8 Å². The molecule has 0 saturated carbocycles. The number of aliphatic hydroxyl groups excluding tert-OH is 1. The molecule has 0 aliphatic rings. The van der Waals surface area contributed by atoms with Gasteiger partial charge >= 0.3 is 0 Å². The van der Waals surface area contributed by atoms with Crippen LogP contribution < -0.4 is 0 Å². The Hall–Kier alpha value is -0.130. The molecule has 0 aromatic heterocycles. The number of hydrogen-bond acceptors (Lipinski definition) is 3. The fourth-order valence-corrected chi connectivity index (χ4v) is 4.76. The molecule has 0 aromatic rings. The van der Waals surface area contributed by atoms with Crippen LogP contribution in [0.25, 0.3) is 0 Å². The van der Waals surface area contributed by atoms with Crippen LogP contribution in [0.1, 0.15) is 136 Å². The summed E-state index contributed by atoms with van der Waals surface area (Å²) in [7, 11) is -3.91. The third-order valence-electron chi connectivity index (χ3n) is 5.76. The first-order chi connectivity index (χ1) is 13.4. The van der Waals surface area contributed by atoms with Gasteiger partial charge in [-0.05, 0) is 25.7 Å². The van der Waals surface area contributed by atoms with Gasteiger partial charge in [-0.2, -0.15) is 8.42 Å². The van der Waals surface area contributed by atoms with Crippen molar-refractivity contribution in [2.24, 2.45) is 0 Å². The molecule has 170 valence electrons. The van der Waals surface area contributed by atoms with E-state index in [0.717, 1.165) is 77.0 Å². The molecule has 0 heterocycles. The van der Waals surface area contributed by atoms with E-state index in [1.165, 1.54) is 32.1 Å². The summed E-state index contributed by atoms with van der Waals surface area (Å²) >= 11 is 0. The Balaban J connectivity index is 3.63. The van der Waals surface area contributed by atoms with Crippen LogP contribution in [0.2, 0.25) is 0 Å². The van der Waals surface area contributed by atoms with Crippen molar-refractivity contribution in [3.05, 3.63) is 0 Å². The van der Waals surface area contributed by atoms with Crippen LogP contribution >= 0.6 is 0 Å². The molecule has 0 bridgehead atoms. The maximum Gasteiger partial charge on any atom is 0.267 e. The molecule has 2 unspecified atom stereocenters. The number of hydrogen-bond donors (Lipinski definition) is 2. The van der Waals surface area contributed by atoms with Crippen LogP contribution in [0.4, 0.5) is 0 Å². The fraction of sp³-hybridized carbons (Fsp3) is 1.00. The molecule has 0 aromatic carbocycles. The molecule has 0 amide bonds. The molecule has 0 spiro atoms. The first-order valence-electron chi connectivity index (χ1n) is 12.1. The summed E-state index contributed by atoms with van der Waals surface area (Å²) in [5.74, 6) is 0.